The molecule has 1 unspecified atom stereocenters. The summed E-state index contributed by atoms with van der Waals surface area (Å²) in [6.45, 7) is 0.845. The predicted molar refractivity (Wildman–Crippen MR) is 43.1 cm³/mol. The average molecular weight is 154 g/mol. The van der Waals surface area contributed by atoms with Crippen LogP contribution in [0.25, 0.3) is 0 Å². The molecule has 0 aromatic heterocycles. The molecule has 0 amide bonds. The first-order valence-electron chi connectivity index (χ1n) is 4.11. The lowest BCUT2D eigenvalue weighted by Gasteiger charge is -2.20. The van der Waals surface area contributed by atoms with Crippen molar-refractivity contribution in [3.63, 3.8) is 0 Å². The molecule has 0 bridgehead atoms. The molecule has 2 nitrogen and oxygen atoms in total. The third-order valence-corrected chi connectivity index (χ3v) is 1.81. The third-order valence-electron chi connectivity index (χ3n) is 1.81. The fraction of sp³-hybridized carbons (Fsp3) is 0.778. The normalized spacial score (nSPS) is 23.9. The van der Waals surface area contributed by atoms with Crippen LogP contribution in [-0.2, 0) is 4.74 Å². The van der Waals surface area contributed by atoms with Gasteiger partial charge in [0.25, 0.3) is 0 Å². The van der Waals surface area contributed by atoms with Crippen molar-refractivity contribution in [3.05, 3.63) is 0 Å². The van der Waals surface area contributed by atoms with Gasteiger partial charge in [0.2, 0.25) is 0 Å². The van der Waals surface area contributed by atoms with Gasteiger partial charge in [-0.3, -0.25) is 0 Å². The van der Waals surface area contributed by atoms with Crippen molar-refractivity contribution in [3.8, 4) is 11.8 Å². The molecule has 1 N–H and O–H groups in total. The largest absolute Gasteiger partial charge is 0.384 e. The molecule has 0 aromatic carbocycles. The van der Waals surface area contributed by atoms with E-state index in [2.05, 4.69) is 11.8 Å². The molecule has 11 heavy (non-hydrogen) atoms. The lowest BCUT2D eigenvalue weighted by atomic mass is 10.1. The summed E-state index contributed by atoms with van der Waals surface area (Å²) >= 11 is 0. The van der Waals surface area contributed by atoms with Crippen molar-refractivity contribution in [2.45, 2.75) is 31.8 Å². The van der Waals surface area contributed by atoms with Gasteiger partial charge in [-0.05, 0) is 19.3 Å². The van der Waals surface area contributed by atoms with E-state index in [9.17, 15) is 0 Å². The zero-order valence-corrected chi connectivity index (χ0v) is 6.68. The van der Waals surface area contributed by atoms with Crippen LogP contribution in [0.3, 0.4) is 0 Å². The van der Waals surface area contributed by atoms with Gasteiger partial charge < -0.3 is 9.84 Å². The van der Waals surface area contributed by atoms with Crippen LogP contribution in [0.5, 0.6) is 0 Å². The molecule has 0 aromatic rings. The molecular weight excluding hydrogens is 140 g/mol. The number of hydrogen-bond donors (Lipinski definition) is 1. The fourth-order valence-corrected chi connectivity index (χ4v) is 1.21. The van der Waals surface area contributed by atoms with Crippen LogP contribution in [0, 0.1) is 11.8 Å². The molecule has 2 heteroatoms. The Morgan fingerprint density at radius 2 is 2.27 bits per heavy atom. The van der Waals surface area contributed by atoms with Crippen molar-refractivity contribution in [1.82, 2.24) is 0 Å². The molecule has 0 spiro atoms. The molecule has 1 heterocycles. The Morgan fingerprint density at radius 3 is 2.91 bits per heavy atom. The first-order chi connectivity index (χ1) is 5.43. The van der Waals surface area contributed by atoms with E-state index in [0.29, 0.717) is 6.10 Å². The van der Waals surface area contributed by atoms with Gasteiger partial charge in [-0.2, -0.15) is 0 Å². The summed E-state index contributed by atoms with van der Waals surface area (Å²) in [5.41, 5.74) is 0. The topological polar surface area (TPSA) is 29.5 Å². The van der Waals surface area contributed by atoms with Gasteiger partial charge in [0, 0.05) is 13.0 Å². The Labute approximate surface area is 67.6 Å². The highest BCUT2D eigenvalue weighted by Crippen LogP contribution is 2.14. The van der Waals surface area contributed by atoms with E-state index in [1.807, 2.05) is 0 Å². The third kappa shape index (κ3) is 3.41. The summed E-state index contributed by atoms with van der Waals surface area (Å²) in [5, 5.41) is 8.38. The Morgan fingerprint density at radius 1 is 1.36 bits per heavy atom. The Hall–Kier alpha value is -0.520. The van der Waals surface area contributed by atoms with Crippen molar-refractivity contribution in [2.24, 2.45) is 0 Å². The van der Waals surface area contributed by atoms with Crippen LogP contribution >= 0.6 is 0 Å². The van der Waals surface area contributed by atoms with E-state index >= 15 is 0 Å². The van der Waals surface area contributed by atoms with Crippen LogP contribution in [0.1, 0.15) is 25.7 Å². The number of aliphatic hydroxyl groups excluding tert-OH is 1. The Kier molecular flexibility index (Phi) is 4.03. The highest BCUT2D eigenvalue weighted by atomic mass is 16.5. The quantitative estimate of drug-likeness (QED) is 0.569. The second-order valence-electron chi connectivity index (χ2n) is 2.70. The molecular formula is C9H14O2. The van der Waals surface area contributed by atoms with E-state index in [1.54, 1.807) is 0 Å². The summed E-state index contributed by atoms with van der Waals surface area (Å²) in [6, 6.07) is 0. The van der Waals surface area contributed by atoms with Gasteiger partial charge in [0.05, 0.1) is 6.10 Å². The molecule has 62 valence electrons. The van der Waals surface area contributed by atoms with E-state index in [0.717, 1.165) is 19.4 Å². The van der Waals surface area contributed by atoms with Crippen molar-refractivity contribution in [2.75, 3.05) is 13.2 Å². The highest BCUT2D eigenvalue weighted by Gasteiger charge is 2.11. The summed E-state index contributed by atoms with van der Waals surface area (Å²) in [5.74, 6) is 5.50. The number of aliphatic hydroxyl groups is 1. The van der Waals surface area contributed by atoms with E-state index in [1.165, 1.54) is 12.8 Å². The fourth-order valence-electron chi connectivity index (χ4n) is 1.21. The lowest BCUT2D eigenvalue weighted by Crippen LogP contribution is -2.18. The minimum absolute atomic E-state index is 0.0350. The molecule has 1 rings (SSSR count). The predicted octanol–water partition coefficient (Wildman–Crippen LogP) is 0.941. The second-order valence-corrected chi connectivity index (χ2v) is 2.70. The van der Waals surface area contributed by atoms with Crippen LogP contribution < -0.4 is 0 Å². The van der Waals surface area contributed by atoms with Crippen LogP contribution in [0.15, 0.2) is 0 Å². The summed E-state index contributed by atoms with van der Waals surface area (Å²) in [7, 11) is 0. The molecule has 1 atom stereocenters. The molecule has 0 aliphatic carbocycles. The number of ether oxygens (including phenoxy) is 1. The van der Waals surface area contributed by atoms with E-state index in [4.69, 9.17) is 9.84 Å². The maximum Gasteiger partial charge on any atom is 0.104 e. The van der Waals surface area contributed by atoms with Gasteiger partial charge in [-0.25, -0.2) is 0 Å². The number of rotatable bonds is 1. The van der Waals surface area contributed by atoms with Crippen LogP contribution in [-0.4, -0.2) is 24.4 Å². The second kappa shape index (κ2) is 5.17. The van der Waals surface area contributed by atoms with Gasteiger partial charge in [-0.1, -0.05) is 11.8 Å². The van der Waals surface area contributed by atoms with Gasteiger partial charge in [0.1, 0.15) is 6.61 Å². The van der Waals surface area contributed by atoms with Crippen molar-refractivity contribution in [1.29, 1.82) is 0 Å². The maximum absolute atomic E-state index is 8.38. The molecule has 1 aliphatic rings. The first kappa shape index (κ1) is 8.58. The SMILES string of the molecule is OCC#CCC1CCCCO1. The summed E-state index contributed by atoms with van der Waals surface area (Å²) in [4.78, 5) is 0. The molecule has 0 radical (unpaired) electrons. The van der Waals surface area contributed by atoms with Crippen LogP contribution in [0.2, 0.25) is 0 Å². The lowest BCUT2D eigenvalue weighted by molar-refractivity contribution is 0.0197. The van der Waals surface area contributed by atoms with Crippen molar-refractivity contribution < 1.29 is 9.84 Å². The average Bonchev–Trinajstić information content (AvgIpc) is 2.07. The van der Waals surface area contributed by atoms with E-state index < -0.39 is 0 Å². The minimum atomic E-state index is -0.0350. The van der Waals surface area contributed by atoms with Gasteiger partial charge in [0.15, 0.2) is 0 Å². The number of hydrogen-bond acceptors (Lipinski definition) is 2. The zero-order chi connectivity index (χ0) is 7.94. The zero-order valence-electron chi connectivity index (χ0n) is 6.68. The van der Waals surface area contributed by atoms with E-state index in [-0.39, 0.29) is 6.61 Å². The summed E-state index contributed by atoms with van der Waals surface area (Å²) in [6.07, 6.45) is 4.67. The monoisotopic (exact) mass is 154 g/mol. The maximum atomic E-state index is 8.38. The molecule has 1 aliphatic heterocycles. The minimum Gasteiger partial charge on any atom is -0.384 e. The summed E-state index contributed by atoms with van der Waals surface area (Å²) < 4.78 is 5.44. The molecule has 1 saturated heterocycles. The Bertz CT molecular complexity index is 149. The van der Waals surface area contributed by atoms with Gasteiger partial charge in [-0.15, -0.1) is 0 Å². The van der Waals surface area contributed by atoms with Gasteiger partial charge >= 0.3 is 0 Å². The standard InChI is InChI=1S/C9H14O2/c10-7-3-1-5-9-6-2-4-8-11-9/h9-10H,2,4-8H2. The first-order valence-corrected chi connectivity index (χ1v) is 4.11. The van der Waals surface area contributed by atoms with Crippen molar-refractivity contribution >= 4 is 0 Å². The highest BCUT2D eigenvalue weighted by molar-refractivity contribution is 5.00. The smallest absolute Gasteiger partial charge is 0.104 e. The van der Waals surface area contributed by atoms with Crippen LogP contribution in [0.4, 0.5) is 0 Å². The molecule has 0 saturated carbocycles. The Balaban J connectivity index is 2.14. The molecule has 1 fully saturated rings.